The van der Waals surface area contributed by atoms with Crippen molar-refractivity contribution in [2.75, 3.05) is 5.32 Å². The third-order valence-corrected chi connectivity index (χ3v) is 5.00. The molecule has 1 amide bonds. The molecule has 0 bridgehead atoms. The highest BCUT2D eigenvalue weighted by Gasteiger charge is 2.21. The molecule has 128 valence electrons. The number of hydrogen-bond acceptors (Lipinski definition) is 4. The van der Waals surface area contributed by atoms with Gasteiger partial charge in [0, 0.05) is 5.69 Å². The smallest absolute Gasteiger partial charge is 0.349 e. The van der Waals surface area contributed by atoms with E-state index in [1.807, 2.05) is 24.3 Å². The average Bonchev–Trinajstić information content (AvgIpc) is 3.01. The Balaban J connectivity index is 2.03. The van der Waals surface area contributed by atoms with Crippen LogP contribution in [0.3, 0.4) is 0 Å². The lowest BCUT2D eigenvalue weighted by Gasteiger charge is -2.18. The minimum absolute atomic E-state index is 0.326. The topological polar surface area (TPSA) is 55.4 Å². The van der Waals surface area contributed by atoms with Gasteiger partial charge in [0.1, 0.15) is 4.88 Å². The Morgan fingerprint density at radius 3 is 2.54 bits per heavy atom. The van der Waals surface area contributed by atoms with Crippen LogP contribution in [0.5, 0.6) is 0 Å². The number of esters is 1. The molecule has 0 radical (unpaired) electrons. The Morgan fingerprint density at radius 2 is 1.92 bits per heavy atom. The first-order valence-electron chi connectivity index (χ1n) is 7.78. The molecule has 2 rings (SSSR count). The summed E-state index contributed by atoms with van der Waals surface area (Å²) in [6.45, 7) is 5.75. The van der Waals surface area contributed by atoms with Gasteiger partial charge in [0.2, 0.25) is 0 Å². The van der Waals surface area contributed by atoms with Crippen LogP contribution in [-0.2, 0) is 9.53 Å². The number of benzene rings is 1. The second kappa shape index (κ2) is 8.31. The van der Waals surface area contributed by atoms with Gasteiger partial charge in [-0.25, -0.2) is 4.79 Å². The summed E-state index contributed by atoms with van der Waals surface area (Å²) in [7, 11) is 0. The lowest BCUT2D eigenvalue weighted by atomic mass is 9.97. The quantitative estimate of drug-likeness (QED) is 0.724. The number of rotatable bonds is 6. The van der Waals surface area contributed by atoms with Crippen LogP contribution in [0.15, 0.2) is 36.4 Å². The van der Waals surface area contributed by atoms with E-state index in [0.717, 1.165) is 29.0 Å². The standard InChI is InChI=1S/C18H20ClNO3S/c1-4-11(2)13-7-5-6-8-14(13)20-17(21)12(3)23-18(22)15-9-10-16(19)24-15/h5-12H,4H2,1-3H3,(H,20,21)/t11-,12-/m0/s1. The van der Waals surface area contributed by atoms with Crippen LogP contribution in [0.4, 0.5) is 5.69 Å². The second-order valence-corrected chi connectivity index (χ2v) is 7.25. The van der Waals surface area contributed by atoms with Gasteiger partial charge >= 0.3 is 5.97 Å². The van der Waals surface area contributed by atoms with Crippen LogP contribution in [0.1, 0.15) is 48.3 Å². The molecule has 0 saturated carbocycles. The fraction of sp³-hybridized carbons (Fsp3) is 0.333. The Labute approximate surface area is 150 Å². The molecule has 1 aromatic heterocycles. The van der Waals surface area contributed by atoms with Crippen molar-refractivity contribution in [3.63, 3.8) is 0 Å². The molecular formula is C18H20ClNO3S. The Kier molecular flexibility index (Phi) is 6.40. The first-order valence-corrected chi connectivity index (χ1v) is 8.98. The molecule has 0 spiro atoms. The SMILES string of the molecule is CC[C@H](C)c1ccccc1NC(=O)[C@H](C)OC(=O)c1ccc(Cl)s1. The molecule has 6 heteroatoms. The van der Waals surface area contributed by atoms with Crippen LogP contribution < -0.4 is 5.32 Å². The van der Waals surface area contributed by atoms with E-state index in [9.17, 15) is 9.59 Å². The summed E-state index contributed by atoms with van der Waals surface area (Å²) in [6, 6.07) is 10.9. The van der Waals surface area contributed by atoms with Crippen molar-refractivity contribution in [2.24, 2.45) is 0 Å². The van der Waals surface area contributed by atoms with Gasteiger partial charge in [-0.05, 0) is 43.0 Å². The van der Waals surface area contributed by atoms with Gasteiger partial charge in [0.05, 0.1) is 4.34 Å². The lowest BCUT2D eigenvalue weighted by Crippen LogP contribution is -2.30. The van der Waals surface area contributed by atoms with Crippen LogP contribution in [0.2, 0.25) is 4.34 Å². The maximum atomic E-state index is 12.3. The fourth-order valence-corrected chi connectivity index (χ4v) is 3.12. The molecule has 0 fully saturated rings. The number of ether oxygens (including phenoxy) is 1. The maximum absolute atomic E-state index is 12.3. The first kappa shape index (κ1) is 18.5. The molecule has 4 nitrogen and oxygen atoms in total. The number of para-hydroxylation sites is 1. The summed E-state index contributed by atoms with van der Waals surface area (Å²) in [6.07, 6.45) is 0.0691. The minimum Gasteiger partial charge on any atom is -0.448 e. The van der Waals surface area contributed by atoms with Crippen molar-refractivity contribution in [3.8, 4) is 0 Å². The van der Waals surface area contributed by atoms with Gasteiger partial charge in [-0.3, -0.25) is 4.79 Å². The summed E-state index contributed by atoms with van der Waals surface area (Å²) in [4.78, 5) is 24.7. The lowest BCUT2D eigenvalue weighted by molar-refractivity contribution is -0.123. The monoisotopic (exact) mass is 365 g/mol. The highest BCUT2D eigenvalue weighted by atomic mass is 35.5. The number of carbonyl (C=O) groups is 2. The van der Waals surface area contributed by atoms with E-state index < -0.39 is 12.1 Å². The highest BCUT2D eigenvalue weighted by molar-refractivity contribution is 7.17. The van der Waals surface area contributed by atoms with E-state index in [4.69, 9.17) is 16.3 Å². The van der Waals surface area contributed by atoms with E-state index in [1.54, 1.807) is 19.1 Å². The largest absolute Gasteiger partial charge is 0.448 e. The van der Waals surface area contributed by atoms with Crippen molar-refractivity contribution in [3.05, 3.63) is 51.2 Å². The van der Waals surface area contributed by atoms with Crippen LogP contribution in [0, 0.1) is 0 Å². The second-order valence-electron chi connectivity index (χ2n) is 5.54. The number of carbonyl (C=O) groups excluding carboxylic acids is 2. The van der Waals surface area contributed by atoms with Gasteiger partial charge in [0.15, 0.2) is 6.10 Å². The van der Waals surface area contributed by atoms with Crippen LogP contribution in [0.25, 0.3) is 0 Å². The van der Waals surface area contributed by atoms with Crippen molar-refractivity contribution < 1.29 is 14.3 Å². The van der Waals surface area contributed by atoms with Crippen LogP contribution >= 0.6 is 22.9 Å². The summed E-state index contributed by atoms with van der Waals surface area (Å²) in [5, 5.41) is 2.85. The van der Waals surface area contributed by atoms with Crippen LogP contribution in [-0.4, -0.2) is 18.0 Å². The molecule has 0 aliphatic heterocycles. The van der Waals surface area contributed by atoms with Crippen molar-refractivity contribution in [1.82, 2.24) is 0 Å². The van der Waals surface area contributed by atoms with Crippen molar-refractivity contribution in [1.29, 1.82) is 0 Å². The van der Waals surface area contributed by atoms with E-state index in [1.165, 1.54) is 0 Å². The molecule has 0 unspecified atom stereocenters. The number of halogens is 1. The third kappa shape index (κ3) is 4.58. The normalized spacial score (nSPS) is 13.2. The zero-order valence-corrected chi connectivity index (χ0v) is 15.4. The Morgan fingerprint density at radius 1 is 1.21 bits per heavy atom. The summed E-state index contributed by atoms with van der Waals surface area (Å²) < 4.78 is 5.71. The van der Waals surface area contributed by atoms with E-state index in [0.29, 0.717) is 15.1 Å². The van der Waals surface area contributed by atoms with Crippen molar-refractivity contribution >= 4 is 40.5 Å². The van der Waals surface area contributed by atoms with E-state index >= 15 is 0 Å². The molecule has 0 aliphatic carbocycles. The number of nitrogens with one attached hydrogen (secondary N) is 1. The molecule has 1 heterocycles. The predicted molar refractivity (Wildman–Crippen MR) is 98.0 cm³/mol. The molecule has 1 N–H and O–H groups in total. The van der Waals surface area contributed by atoms with Gasteiger partial charge in [0.25, 0.3) is 5.91 Å². The maximum Gasteiger partial charge on any atom is 0.349 e. The zero-order valence-electron chi connectivity index (χ0n) is 13.8. The molecular weight excluding hydrogens is 346 g/mol. The Bertz CT molecular complexity index is 729. The molecule has 0 saturated heterocycles. The number of amides is 1. The van der Waals surface area contributed by atoms with Crippen molar-refractivity contribution in [2.45, 2.75) is 39.2 Å². The molecule has 24 heavy (non-hydrogen) atoms. The number of thiophene rings is 1. The highest BCUT2D eigenvalue weighted by Crippen LogP contribution is 2.27. The molecule has 0 aliphatic rings. The summed E-state index contributed by atoms with van der Waals surface area (Å²) >= 11 is 6.93. The number of hydrogen-bond donors (Lipinski definition) is 1. The van der Waals surface area contributed by atoms with E-state index in [2.05, 4.69) is 19.2 Å². The summed E-state index contributed by atoms with van der Waals surface area (Å²) in [5.41, 5.74) is 1.82. The van der Waals surface area contributed by atoms with Gasteiger partial charge in [-0.15, -0.1) is 11.3 Å². The minimum atomic E-state index is -0.900. The summed E-state index contributed by atoms with van der Waals surface area (Å²) in [5.74, 6) is -0.584. The first-order chi connectivity index (χ1) is 11.4. The predicted octanol–water partition coefficient (Wildman–Crippen LogP) is 5.10. The molecule has 1 aromatic carbocycles. The zero-order chi connectivity index (χ0) is 17.7. The van der Waals surface area contributed by atoms with Gasteiger partial charge < -0.3 is 10.1 Å². The number of anilines is 1. The molecule has 2 atom stereocenters. The molecule has 2 aromatic rings. The third-order valence-electron chi connectivity index (χ3n) is 3.79. The van der Waals surface area contributed by atoms with Gasteiger partial charge in [-0.1, -0.05) is 43.6 Å². The fourth-order valence-electron chi connectivity index (χ4n) is 2.19. The van der Waals surface area contributed by atoms with E-state index in [-0.39, 0.29) is 5.91 Å². The Hall–Kier alpha value is -1.85. The van der Waals surface area contributed by atoms with Gasteiger partial charge in [-0.2, -0.15) is 0 Å². The average molecular weight is 366 g/mol.